The van der Waals surface area contributed by atoms with E-state index in [1.807, 2.05) is 11.8 Å². The molecule has 0 aromatic heterocycles. The number of urea groups is 1. The van der Waals surface area contributed by atoms with Crippen LogP contribution in [0.15, 0.2) is 23.1 Å². The maximum absolute atomic E-state index is 13.0. The van der Waals surface area contributed by atoms with E-state index in [9.17, 15) is 22.8 Å². The van der Waals surface area contributed by atoms with Crippen LogP contribution in [-0.2, 0) is 30.6 Å². The molecule has 3 heterocycles. The number of carbonyl (C=O) groups excluding carboxylic acids is 3. The van der Waals surface area contributed by atoms with Gasteiger partial charge in [0.1, 0.15) is 0 Å². The maximum Gasteiger partial charge on any atom is 0.328 e. The number of imide groups is 2. The number of nitrogens with zero attached hydrogens (tertiary/aromatic N) is 1. The second-order valence-corrected chi connectivity index (χ2v) is 9.71. The fraction of sp³-hybridized carbons (Fsp3) is 0.500. The van der Waals surface area contributed by atoms with Crippen molar-refractivity contribution in [3.05, 3.63) is 23.8 Å². The van der Waals surface area contributed by atoms with Crippen LogP contribution in [0.2, 0.25) is 0 Å². The van der Waals surface area contributed by atoms with Gasteiger partial charge < -0.3 is 9.64 Å². The molecule has 3 aliphatic rings. The van der Waals surface area contributed by atoms with E-state index in [4.69, 9.17) is 4.74 Å². The highest BCUT2D eigenvalue weighted by molar-refractivity contribution is 7.90. The lowest BCUT2D eigenvalue weighted by Gasteiger charge is -2.55. The number of morpholine rings is 1. The molecule has 1 spiro atoms. The number of sulfone groups is 1. The zero-order chi connectivity index (χ0) is 20.4. The van der Waals surface area contributed by atoms with Crippen molar-refractivity contribution in [2.45, 2.75) is 43.4 Å². The van der Waals surface area contributed by atoms with Crippen LogP contribution in [0.4, 0.5) is 10.5 Å². The highest BCUT2D eigenvalue weighted by Crippen LogP contribution is 2.47. The largest absolute Gasteiger partial charge is 0.372 e. The Labute approximate surface area is 162 Å². The van der Waals surface area contributed by atoms with E-state index >= 15 is 0 Å². The summed E-state index contributed by atoms with van der Waals surface area (Å²) in [5.41, 5.74) is -0.265. The molecule has 1 aromatic rings. The number of carbonyl (C=O) groups is 3. The molecule has 9 nitrogen and oxygen atoms in total. The lowest BCUT2D eigenvalue weighted by atomic mass is 9.66. The van der Waals surface area contributed by atoms with E-state index in [1.165, 1.54) is 12.1 Å². The molecule has 0 aliphatic carbocycles. The number of rotatable bonds is 1. The summed E-state index contributed by atoms with van der Waals surface area (Å²) in [6.07, 6.45) is 0.462. The van der Waals surface area contributed by atoms with Gasteiger partial charge in [0.05, 0.1) is 23.1 Å². The van der Waals surface area contributed by atoms with E-state index in [0.717, 1.165) is 11.9 Å². The summed E-state index contributed by atoms with van der Waals surface area (Å²) in [6.45, 7) is 4.11. The zero-order valence-corrected chi connectivity index (χ0v) is 16.5. The predicted octanol–water partition coefficient (Wildman–Crippen LogP) is -0.0192. The Kier molecular flexibility index (Phi) is 4.06. The van der Waals surface area contributed by atoms with Crippen molar-refractivity contribution in [3.8, 4) is 0 Å². The first-order valence-corrected chi connectivity index (χ1v) is 10.8. The minimum atomic E-state index is -3.46. The molecule has 0 radical (unpaired) electrons. The summed E-state index contributed by atoms with van der Waals surface area (Å²) in [4.78, 5) is 39.6. The molecule has 1 aromatic carbocycles. The summed E-state index contributed by atoms with van der Waals surface area (Å²) in [6, 6.07) is 3.25. The van der Waals surface area contributed by atoms with Gasteiger partial charge in [-0.3, -0.25) is 20.2 Å². The first-order valence-electron chi connectivity index (χ1n) is 8.96. The van der Waals surface area contributed by atoms with Gasteiger partial charge in [-0.2, -0.15) is 0 Å². The van der Waals surface area contributed by atoms with Crippen LogP contribution in [-0.4, -0.2) is 57.3 Å². The topological polar surface area (TPSA) is 122 Å². The highest BCUT2D eigenvalue weighted by atomic mass is 32.2. The Morgan fingerprint density at radius 2 is 1.79 bits per heavy atom. The molecule has 4 rings (SSSR count). The molecule has 28 heavy (non-hydrogen) atoms. The van der Waals surface area contributed by atoms with E-state index in [2.05, 4.69) is 10.6 Å². The van der Waals surface area contributed by atoms with Gasteiger partial charge in [-0.1, -0.05) is 0 Å². The molecule has 10 heteroatoms. The summed E-state index contributed by atoms with van der Waals surface area (Å²) in [5.74, 6) is -1.40. The second kappa shape index (κ2) is 6.02. The van der Waals surface area contributed by atoms with Crippen LogP contribution in [0.3, 0.4) is 0 Å². The maximum atomic E-state index is 13.0. The molecule has 0 bridgehead atoms. The lowest BCUT2D eigenvalue weighted by Crippen LogP contribution is -2.75. The first kappa shape index (κ1) is 18.9. The number of hydrogen-bond acceptors (Lipinski definition) is 7. The third-order valence-electron chi connectivity index (χ3n) is 5.71. The van der Waals surface area contributed by atoms with E-state index < -0.39 is 45.2 Å². The van der Waals surface area contributed by atoms with Crippen molar-refractivity contribution < 1.29 is 27.5 Å². The van der Waals surface area contributed by atoms with Crippen LogP contribution in [0.1, 0.15) is 19.4 Å². The summed E-state index contributed by atoms with van der Waals surface area (Å²) in [7, 11) is -3.46. The molecular formula is C18H21N3O6S. The molecule has 4 amide bonds. The Morgan fingerprint density at radius 3 is 2.39 bits per heavy atom. The van der Waals surface area contributed by atoms with Crippen molar-refractivity contribution in [2.75, 3.05) is 17.7 Å². The number of nitrogens with one attached hydrogen (secondary N) is 2. The van der Waals surface area contributed by atoms with Gasteiger partial charge in [-0.25, -0.2) is 13.2 Å². The van der Waals surface area contributed by atoms with Crippen molar-refractivity contribution in [2.24, 2.45) is 5.41 Å². The summed E-state index contributed by atoms with van der Waals surface area (Å²) in [5, 5.41) is 4.40. The Balaban J connectivity index is 1.93. The normalized spacial score (nSPS) is 29.0. The molecule has 0 saturated carbocycles. The lowest BCUT2D eigenvalue weighted by molar-refractivity contribution is -0.153. The average molecular weight is 407 g/mol. The van der Waals surface area contributed by atoms with Gasteiger partial charge >= 0.3 is 6.03 Å². The van der Waals surface area contributed by atoms with Gasteiger partial charge in [0.15, 0.2) is 15.3 Å². The van der Waals surface area contributed by atoms with Crippen LogP contribution in [0, 0.1) is 5.41 Å². The number of ether oxygens (including phenoxy) is 1. The molecular weight excluding hydrogens is 386 g/mol. The molecule has 150 valence electrons. The summed E-state index contributed by atoms with van der Waals surface area (Å²) >= 11 is 0. The first-order chi connectivity index (χ1) is 13.0. The molecule has 3 atom stereocenters. The van der Waals surface area contributed by atoms with Crippen molar-refractivity contribution in [3.63, 3.8) is 0 Å². The zero-order valence-electron chi connectivity index (χ0n) is 15.7. The van der Waals surface area contributed by atoms with Crippen molar-refractivity contribution in [1.82, 2.24) is 10.6 Å². The summed E-state index contributed by atoms with van der Waals surface area (Å²) < 4.78 is 29.9. The highest BCUT2D eigenvalue weighted by Gasteiger charge is 2.62. The standard InChI is InChI=1S/C18H21N3O6S/c1-9-8-21-13-5-4-12(28(3,25)26)6-11(13)7-18(14(21)10(2)27-9)15(22)19-17(24)20-16(18)23/h4-6,9-10,14H,7-8H2,1-3H3,(H2,19,20,22,23,24)/t9-,10+,14-/m1/s1. The van der Waals surface area contributed by atoms with Crippen LogP contribution < -0.4 is 15.5 Å². The average Bonchev–Trinajstić information content (AvgIpc) is 2.57. The fourth-order valence-electron chi connectivity index (χ4n) is 4.65. The van der Waals surface area contributed by atoms with Gasteiger partial charge in [0, 0.05) is 18.5 Å². The Morgan fingerprint density at radius 1 is 1.14 bits per heavy atom. The number of barbiturate groups is 1. The number of hydrogen-bond donors (Lipinski definition) is 2. The van der Waals surface area contributed by atoms with Crippen molar-refractivity contribution in [1.29, 1.82) is 0 Å². The Bertz CT molecular complexity index is 985. The SMILES string of the molecule is C[C@@H]1CN2c3ccc(S(C)(=O)=O)cc3CC3(C(=O)NC(=O)NC3=O)[C@H]2[C@H](C)O1. The number of amides is 4. The van der Waals surface area contributed by atoms with Gasteiger partial charge in [-0.05, 0) is 44.0 Å². The molecule has 3 aliphatic heterocycles. The van der Waals surface area contributed by atoms with E-state index in [1.54, 1.807) is 13.0 Å². The third-order valence-corrected chi connectivity index (χ3v) is 6.82. The molecule has 2 N–H and O–H groups in total. The molecule has 2 fully saturated rings. The minimum Gasteiger partial charge on any atom is -0.372 e. The van der Waals surface area contributed by atoms with Gasteiger partial charge in [0.25, 0.3) is 0 Å². The number of fused-ring (bicyclic) bond motifs is 4. The van der Waals surface area contributed by atoms with E-state index in [-0.39, 0.29) is 17.4 Å². The van der Waals surface area contributed by atoms with Crippen molar-refractivity contribution >= 4 is 33.4 Å². The fourth-order valence-corrected chi connectivity index (χ4v) is 5.33. The Hall–Kier alpha value is -2.46. The van der Waals surface area contributed by atoms with Gasteiger partial charge in [0.2, 0.25) is 11.8 Å². The van der Waals surface area contributed by atoms with E-state index in [0.29, 0.717) is 12.1 Å². The van der Waals surface area contributed by atoms with Crippen LogP contribution in [0.5, 0.6) is 0 Å². The smallest absolute Gasteiger partial charge is 0.328 e. The van der Waals surface area contributed by atoms with Gasteiger partial charge in [-0.15, -0.1) is 0 Å². The number of benzene rings is 1. The second-order valence-electron chi connectivity index (χ2n) is 7.70. The monoisotopic (exact) mass is 407 g/mol. The van der Waals surface area contributed by atoms with Crippen LogP contribution in [0.25, 0.3) is 0 Å². The minimum absolute atomic E-state index is 0.0279. The molecule has 2 saturated heterocycles. The third kappa shape index (κ3) is 2.62. The quantitative estimate of drug-likeness (QED) is 0.628. The number of anilines is 1. The van der Waals surface area contributed by atoms with Crippen LogP contribution >= 0.6 is 0 Å². The predicted molar refractivity (Wildman–Crippen MR) is 98.5 cm³/mol. The molecule has 0 unspecified atom stereocenters.